The summed E-state index contributed by atoms with van der Waals surface area (Å²) in [5, 5.41) is 5.41. The summed E-state index contributed by atoms with van der Waals surface area (Å²) >= 11 is 0. The molecule has 0 aliphatic rings. The van der Waals surface area contributed by atoms with Crippen LogP contribution in [0.15, 0.2) is 24.3 Å². The van der Waals surface area contributed by atoms with E-state index >= 15 is 0 Å². The van der Waals surface area contributed by atoms with E-state index in [-0.39, 0.29) is 0 Å². The number of carbonyl (C=O) groups excluding carboxylic acids is 1. The van der Waals surface area contributed by atoms with Gasteiger partial charge in [-0.15, -0.1) is 0 Å². The number of hydrogen-bond acceptors (Lipinski definition) is 2. The standard InChI is InChI=1S/C11H13N3O/c1-13-8-2-3-9-4-6-10(7-5-9)14-11(12)15/h4-7,13H,8H2,1H3,(H3,12,14,15). The molecule has 0 heterocycles. The van der Waals surface area contributed by atoms with Gasteiger partial charge in [0.2, 0.25) is 0 Å². The molecular weight excluding hydrogens is 190 g/mol. The van der Waals surface area contributed by atoms with Crippen LogP contribution in [0.4, 0.5) is 10.5 Å². The van der Waals surface area contributed by atoms with E-state index in [1.165, 1.54) is 0 Å². The Balaban J connectivity index is 2.65. The minimum absolute atomic E-state index is 0.566. The lowest BCUT2D eigenvalue weighted by molar-refractivity contribution is 0.259. The summed E-state index contributed by atoms with van der Waals surface area (Å²) in [4.78, 5) is 10.5. The highest BCUT2D eigenvalue weighted by Crippen LogP contribution is 2.07. The van der Waals surface area contributed by atoms with Gasteiger partial charge in [-0.25, -0.2) is 4.79 Å². The molecule has 0 spiro atoms. The zero-order chi connectivity index (χ0) is 11.1. The Bertz CT molecular complexity index is 387. The van der Waals surface area contributed by atoms with Crippen molar-refractivity contribution in [2.45, 2.75) is 0 Å². The lowest BCUT2D eigenvalue weighted by atomic mass is 10.2. The Kier molecular flexibility index (Phi) is 4.20. The van der Waals surface area contributed by atoms with Crippen molar-refractivity contribution in [1.29, 1.82) is 0 Å². The lowest BCUT2D eigenvalue weighted by Gasteiger charge is -2.00. The van der Waals surface area contributed by atoms with E-state index in [4.69, 9.17) is 5.73 Å². The average molecular weight is 203 g/mol. The van der Waals surface area contributed by atoms with Crippen LogP contribution in [0.25, 0.3) is 0 Å². The molecule has 4 N–H and O–H groups in total. The van der Waals surface area contributed by atoms with E-state index in [0.717, 1.165) is 5.56 Å². The molecule has 0 saturated carbocycles. The SMILES string of the molecule is CNCC#Cc1ccc(NC(N)=O)cc1. The summed E-state index contributed by atoms with van der Waals surface area (Å²) in [6, 6.07) is 6.61. The first-order valence-corrected chi connectivity index (χ1v) is 4.52. The Labute approximate surface area is 88.9 Å². The molecule has 2 amide bonds. The molecule has 4 nitrogen and oxygen atoms in total. The summed E-state index contributed by atoms with van der Waals surface area (Å²) in [5.41, 5.74) is 6.55. The van der Waals surface area contributed by atoms with Crippen molar-refractivity contribution < 1.29 is 4.79 Å². The molecule has 0 aliphatic heterocycles. The minimum Gasteiger partial charge on any atom is -0.351 e. The zero-order valence-corrected chi connectivity index (χ0v) is 8.50. The number of carbonyl (C=O) groups is 1. The second-order valence-electron chi connectivity index (χ2n) is 2.90. The fourth-order valence-corrected chi connectivity index (χ4v) is 1.01. The second kappa shape index (κ2) is 5.68. The van der Waals surface area contributed by atoms with Crippen molar-refractivity contribution in [3.63, 3.8) is 0 Å². The quantitative estimate of drug-likeness (QED) is 0.621. The lowest BCUT2D eigenvalue weighted by Crippen LogP contribution is -2.19. The zero-order valence-electron chi connectivity index (χ0n) is 8.50. The van der Waals surface area contributed by atoms with Crippen LogP contribution in [0.1, 0.15) is 5.56 Å². The maximum atomic E-state index is 10.5. The van der Waals surface area contributed by atoms with Gasteiger partial charge in [0.15, 0.2) is 0 Å². The van der Waals surface area contributed by atoms with Crippen LogP contribution in [0.3, 0.4) is 0 Å². The van der Waals surface area contributed by atoms with Gasteiger partial charge >= 0.3 is 6.03 Å². The van der Waals surface area contributed by atoms with Crippen molar-refractivity contribution in [2.75, 3.05) is 18.9 Å². The molecule has 0 aromatic heterocycles. The highest BCUT2D eigenvalue weighted by molar-refractivity contribution is 5.87. The Morgan fingerprint density at radius 1 is 1.40 bits per heavy atom. The van der Waals surface area contributed by atoms with Gasteiger partial charge in [-0.2, -0.15) is 0 Å². The van der Waals surface area contributed by atoms with Gasteiger partial charge in [-0.3, -0.25) is 0 Å². The first-order chi connectivity index (χ1) is 7.22. The summed E-state index contributed by atoms with van der Waals surface area (Å²) in [7, 11) is 1.84. The van der Waals surface area contributed by atoms with Crippen LogP contribution in [0.2, 0.25) is 0 Å². The number of primary amides is 1. The molecule has 0 fully saturated rings. The summed E-state index contributed by atoms with van der Waals surface area (Å²) in [6.45, 7) is 0.654. The summed E-state index contributed by atoms with van der Waals surface area (Å²) < 4.78 is 0. The number of rotatable bonds is 2. The molecule has 15 heavy (non-hydrogen) atoms. The molecule has 1 aromatic carbocycles. The van der Waals surface area contributed by atoms with E-state index in [1.807, 2.05) is 19.2 Å². The van der Waals surface area contributed by atoms with Crippen molar-refractivity contribution >= 4 is 11.7 Å². The molecule has 4 heteroatoms. The number of anilines is 1. The molecular formula is C11H13N3O. The van der Waals surface area contributed by atoms with Gasteiger partial charge in [-0.05, 0) is 31.3 Å². The largest absolute Gasteiger partial charge is 0.351 e. The summed E-state index contributed by atoms with van der Waals surface area (Å²) in [6.07, 6.45) is 0. The van der Waals surface area contributed by atoms with Gasteiger partial charge in [0.25, 0.3) is 0 Å². The third kappa shape index (κ3) is 4.16. The number of nitrogens with one attached hydrogen (secondary N) is 2. The maximum absolute atomic E-state index is 10.5. The van der Waals surface area contributed by atoms with Crippen LogP contribution < -0.4 is 16.4 Å². The van der Waals surface area contributed by atoms with Crippen LogP contribution in [0, 0.1) is 11.8 Å². The number of nitrogens with two attached hydrogens (primary N) is 1. The van der Waals surface area contributed by atoms with Gasteiger partial charge in [-0.1, -0.05) is 11.8 Å². The average Bonchev–Trinajstić information content (AvgIpc) is 2.20. The fraction of sp³-hybridized carbons (Fsp3) is 0.182. The summed E-state index contributed by atoms with van der Waals surface area (Å²) in [5.74, 6) is 5.91. The Hall–Kier alpha value is -1.99. The van der Waals surface area contributed by atoms with E-state index in [9.17, 15) is 4.79 Å². The monoisotopic (exact) mass is 203 g/mol. The molecule has 0 atom stereocenters. The van der Waals surface area contributed by atoms with E-state index in [2.05, 4.69) is 22.5 Å². The van der Waals surface area contributed by atoms with Crippen LogP contribution in [-0.2, 0) is 0 Å². The van der Waals surface area contributed by atoms with E-state index < -0.39 is 6.03 Å². The van der Waals surface area contributed by atoms with Crippen LogP contribution in [0.5, 0.6) is 0 Å². The topological polar surface area (TPSA) is 67.2 Å². The molecule has 1 rings (SSSR count). The highest BCUT2D eigenvalue weighted by atomic mass is 16.2. The van der Waals surface area contributed by atoms with Gasteiger partial charge in [0.1, 0.15) is 0 Å². The Morgan fingerprint density at radius 3 is 2.60 bits per heavy atom. The first kappa shape index (κ1) is 11.1. The predicted molar refractivity (Wildman–Crippen MR) is 60.5 cm³/mol. The number of hydrogen-bond donors (Lipinski definition) is 3. The molecule has 0 bridgehead atoms. The van der Waals surface area contributed by atoms with Gasteiger partial charge in [0.05, 0.1) is 6.54 Å². The molecule has 1 aromatic rings. The van der Waals surface area contributed by atoms with E-state index in [0.29, 0.717) is 12.2 Å². The molecule has 78 valence electrons. The van der Waals surface area contributed by atoms with Crippen molar-refractivity contribution in [1.82, 2.24) is 5.32 Å². The number of amides is 2. The minimum atomic E-state index is -0.566. The molecule has 0 saturated heterocycles. The van der Waals surface area contributed by atoms with E-state index in [1.54, 1.807) is 12.1 Å². The first-order valence-electron chi connectivity index (χ1n) is 4.52. The third-order valence-corrected chi connectivity index (χ3v) is 1.65. The van der Waals surface area contributed by atoms with Crippen LogP contribution in [-0.4, -0.2) is 19.6 Å². The predicted octanol–water partition coefficient (Wildman–Crippen LogP) is 0.748. The van der Waals surface area contributed by atoms with Crippen molar-refractivity contribution in [2.24, 2.45) is 5.73 Å². The Morgan fingerprint density at radius 2 is 2.07 bits per heavy atom. The van der Waals surface area contributed by atoms with Crippen molar-refractivity contribution in [3.05, 3.63) is 29.8 Å². The number of urea groups is 1. The van der Waals surface area contributed by atoms with Gasteiger partial charge in [0, 0.05) is 11.3 Å². The smallest absolute Gasteiger partial charge is 0.316 e. The molecule has 0 unspecified atom stereocenters. The number of benzene rings is 1. The van der Waals surface area contributed by atoms with Crippen LogP contribution >= 0.6 is 0 Å². The molecule has 0 radical (unpaired) electrons. The normalized spacial score (nSPS) is 8.87. The fourth-order valence-electron chi connectivity index (χ4n) is 1.01. The third-order valence-electron chi connectivity index (χ3n) is 1.65. The molecule has 0 aliphatic carbocycles. The van der Waals surface area contributed by atoms with Crippen molar-refractivity contribution in [3.8, 4) is 11.8 Å². The second-order valence-corrected chi connectivity index (χ2v) is 2.90. The highest BCUT2D eigenvalue weighted by Gasteiger charge is 1.94. The maximum Gasteiger partial charge on any atom is 0.316 e. The van der Waals surface area contributed by atoms with Gasteiger partial charge < -0.3 is 16.4 Å².